The van der Waals surface area contributed by atoms with Crippen molar-refractivity contribution in [3.63, 3.8) is 0 Å². The zero-order valence-electron chi connectivity index (χ0n) is 15.0. The second kappa shape index (κ2) is 6.61. The number of alkyl halides is 3. The van der Waals surface area contributed by atoms with E-state index in [-0.39, 0.29) is 19.3 Å². The summed E-state index contributed by atoms with van der Waals surface area (Å²) in [6.07, 6.45) is -3.28. The van der Waals surface area contributed by atoms with E-state index in [1.807, 2.05) is 0 Å². The van der Waals surface area contributed by atoms with Crippen molar-refractivity contribution in [1.29, 1.82) is 0 Å². The van der Waals surface area contributed by atoms with Crippen molar-refractivity contribution in [2.24, 2.45) is 5.92 Å². The van der Waals surface area contributed by atoms with Crippen LogP contribution in [0.5, 0.6) is 0 Å². The molecule has 0 saturated heterocycles. The van der Waals surface area contributed by atoms with Crippen molar-refractivity contribution in [2.45, 2.75) is 48.5 Å². The lowest BCUT2D eigenvalue weighted by Crippen LogP contribution is -2.56. The monoisotopic (exact) mass is 434 g/mol. The predicted molar refractivity (Wildman–Crippen MR) is 91.0 cm³/mol. The van der Waals surface area contributed by atoms with Gasteiger partial charge in [-0.1, -0.05) is 0 Å². The van der Waals surface area contributed by atoms with E-state index in [9.17, 15) is 41.4 Å². The molecule has 12 heteroatoms. The van der Waals surface area contributed by atoms with Crippen molar-refractivity contribution < 1.29 is 41.4 Å². The quantitative estimate of drug-likeness (QED) is 0.650. The summed E-state index contributed by atoms with van der Waals surface area (Å²) >= 11 is 0. The summed E-state index contributed by atoms with van der Waals surface area (Å²) in [5.74, 6) is -3.03. The van der Waals surface area contributed by atoms with Crippen LogP contribution in [0, 0.1) is 5.92 Å². The number of aliphatic hydroxyl groups is 1. The second-order valence-electron chi connectivity index (χ2n) is 7.40. The molecule has 0 unspecified atom stereocenters. The normalized spacial score (nSPS) is 30.0. The van der Waals surface area contributed by atoms with E-state index in [0.29, 0.717) is 18.3 Å². The number of halogens is 3. The van der Waals surface area contributed by atoms with Crippen molar-refractivity contribution >= 4 is 21.8 Å². The Morgan fingerprint density at radius 3 is 2.52 bits per heavy atom. The number of hydrogen-bond acceptors (Lipinski definition) is 6. The van der Waals surface area contributed by atoms with Crippen LogP contribution < -0.4 is 4.72 Å². The number of aliphatic carboxylic acids is 1. The number of sulfonamides is 1. The molecule has 3 atom stereocenters. The highest BCUT2D eigenvalue weighted by atomic mass is 32.2. The first kappa shape index (κ1) is 21.4. The van der Waals surface area contributed by atoms with Gasteiger partial charge in [0, 0.05) is 24.1 Å². The molecule has 0 amide bonds. The Kier molecular flexibility index (Phi) is 4.87. The Morgan fingerprint density at radius 1 is 1.34 bits per heavy atom. The van der Waals surface area contributed by atoms with Crippen molar-refractivity contribution in [2.75, 3.05) is 0 Å². The molecule has 3 N–H and O–H groups in total. The number of carbonyl (C=O) groups excluding carboxylic acids is 1. The number of nitrogens with zero attached hydrogens (tertiary/aromatic N) is 1. The Hall–Kier alpha value is -2.31. The maximum atomic E-state index is 12.6. The van der Waals surface area contributed by atoms with E-state index in [1.165, 1.54) is 6.92 Å². The number of aromatic nitrogens is 1. The summed E-state index contributed by atoms with van der Waals surface area (Å²) in [7, 11) is -4.42. The van der Waals surface area contributed by atoms with Gasteiger partial charge < -0.3 is 10.2 Å². The molecular formula is C17H17F3N2O6S. The van der Waals surface area contributed by atoms with E-state index in [4.69, 9.17) is 0 Å². The van der Waals surface area contributed by atoms with Gasteiger partial charge in [0.05, 0.1) is 11.1 Å². The van der Waals surface area contributed by atoms with E-state index >= 15 is 0 Å². The summed E-state index contributed by atoms with van der Waals surface area (Å²) in [4.78, 5) is 27.1. The van der Waals surface area contributed by atoms with Crippen LogP contribution in [-0.4, -0.2) is 46.5 Å². The molecule has 1 heterocycles. The first-order valence-corrected chi connectivity index (χ1v) is 9.97. The van der Waals surface area contributed by atoms with Crippen LogP contribution in [0.1, 0.15) is 31.7 Å². The number of carbonyl (C=O) groups is 2. The molecule has 29 heavy (non-hydrogen) atoms. The lowest BCUT2D eigenvalue weighted by Gasteiger charge is -2.41. The lowest BCUT2D eigenvalue weighted by molar-refractivity contribution is -0.143. The van der Waals surface area contributed by atoms with Crippen molar-refractivity contribution in [3.05, 3.63) is 35.5 Å². The third kappa shape index (κ3) is 3.67. The number of nitrogens with one attached hydrogen (secondary N) is 1. The van der Waals surface area contributed by atoms with Crippen LogP contribution >= 0.6 is 0 Å². The van der Waals surface area contributed by atoms with E-state index in [2.05, 4.69) is 9.71 Å². The first-order chi connectivity index (χ1) is 13.2. The zero-order valence-corrected chi connectivity index (χ0v) is 15.8. The van der Waals surface area contributed by atoms with Gasteiger partial charge in [-0.05, 0) is 38.0 Å². The fourth-order valence-corrected chi connectivity index (χ4v) is 5.21. The molecule has 0 spiro atoms. The number of fused-ring (bicyclic) bond motifs is 1. The minimum atomic E-state index is -4.68. The van der Waals surface area contributed by atoms with Gasteiger partial charge in [-0.25, -0.2) is 22.9 Å². The summed E-state index contributed by atoms with van der Waals surface area (Å²) in [5.41, 5.74) is -5.44. The molecule has 0 aromatic carbocycles. The number of ketones is 1. The van der Waals surface area contributed by atoms with Gasteiger partial charge in [-0.15, -0.1) is 0 Å². The lowest BCUT2D eigenvalue weighted by atomic mass is 9.70. The third-order valence-corrected chi connectivity index (χ3v) is 6.74. The van der Waals surface area contributed by atoms with Gasteiger partial charge in [-0.3, -0.25) is 4.79 Å². The minimum Gasteiger partial charge on any atom is -0.478 e. The molecule has 0 bridgehead atoms. The SMILES string of the molecule is C[C@]1(NS(=O)(=O)c2ccc(C(F)(F)F)cn2)C=C(C(=O)O)[C@]2(O)C(=O)CC[C@@H]2C1. The van der Waals surface area contributed by atoms with Gasteiger partial charge in [0.1, 0.15) is 0 Å². The standard InChI is InChI=1S/C17H17F3N2O6S/c1-15(6-9-2-4-12(23)16(9,26)11(7-15)14(24)25)22-29(27,28)13-5-3-10(8-21-13)17(18,19)20/h3,5,7-9,22,26H,2,4,6H2,1H3,(H,24,25)/t9-,15-,16+/m1/s1. The second-order valence-corrected chi connectivity index (χ2v) is 9.03. The largest absolute Gasteiger partial charge is 0.478 e. The predicted octanol–water partition coefficient (Wildman–Crippen LogP) is 1.26. The molecule has 3 rings (SSSR count). The highest BCUT2D eigenvalue weighted by Crippen LogP contribution is 2.47. The molecule has 0 radical (unpaired) electrons. The molecule has 1 aromatic rings. The third-order valence-electron chi connectivity index (χ3n) is 5.22. The topological polar surface area (TPSA) is 134 Å². The summed E-state index contributed by atoms with van der Waals surface area (Å²) < 4.78 is 65.4. The van der Waals surface area contributed by atoms with Gasteiger partial charge >= 0.3 is 12.1 Å². The minimum absolute atomic E-state index is 0.0466. The zero-order chi connectivity index (χ0) is 21.8. The molecule has 0 aliphatic heterocycles. The maximum absolute atomic E-state index is 12.6. The van der Waals surface area contributed by atoms with Crippen LogP contribution in [0.4, 0.5) is 13.2 Å². The molecule has 1 aromatic heterocycles. The van der Waals surface area contributed by atoms with E-state index in [1.54, 1.807) is 0 Å². The molecule has 1 saturated carbocycles. The van der Waals surface area contributed by atoms with Gasteiger partial charge in [-0.2, -0.15) is 13.2 Å². The summed E-state index contributed by atoms with van der Waals surface area (Å²) in [6, 6.07) is 1.26. The van der Waals surface area contributed by atoms with E-state index in [0.717, 1.165) is 6.08 Å². The number of hydrogen-bond donors (Lipinski definition) is 3. The fraction of sp³-hybridized carbons (Fsp3) is 0.471. The van der Waals surface area contributed by atoms with Gasteiger partial charge in [0.15, 0.2) is 16.4 Å². The number of pyridine rings is 1. The number of carboxylic acid groups (broad SMARTS) is 1. The Morgan fingerprint density at radius 2 is 2.00 bits per heavy atom. The Balaban J connectivity index is 1.96. The van der Waals surface area contributed by atoms with Gasteiger partial charge in [0.2, 0.25) is 0 Å². The van der Waals surface area contributed by atoms with Crippen LogP contribution in [0.25, 0.3) is 0 Å². The Labute approximate surface area is 163 Å². The van der Waals surface area contributed by atoms with Crippen LogP contribution in [0.2, 0.25) is 0 Å². The Bertz CT molecular complexity index is 1000. The molecule has 158 valence electrons. The van der Waals surface area contributed by atoms with E-state index < -0.39 is 61.2 Å². The highest BCUT2D eigenvalue weighted by Gasteiger charge is 2.58. The molecule has 2 aliphatic carbocycles. The average Bonchev–Trinajstić information content (AvgIpc) is 2.88. The smallest absolute Gasteiger partial charge is 0.417 e. The molecular weight excluding hydrogens is 417 g/mol. The number of carboxylic acids is 1. The summed E-state index contributed by atoms with van der Waals surface area (Å²) in [6.45, 7) is 1.36. The van der Waals surface area contributed by atoms with Crippen LogP contribution in [0.3, 0.4) is 0 Å². The molecule has 1 fully saturated rings. The van der Waals surface area contributed by atoms with Gasteiger partial charge in [0.25, 0.3) is 10.0 Å². The average molecular weight is 434 g/mol. The molecule has 8 nitrogen and oxygen atoms in total. The van der Waals surface area contributed by atoms with Crippen LogP contribution in [0.15, 0.2) is 35.0 Å². The van der Waals surface area contributed by atoms with Crippen molar-refractivity contribution in [1.82, 2.24) is 9.71 Å². The number of rotatable bonds is 4. The number of Topliss-reactive ketones (excluding diaryl/α,β-unsaturated/α-hetero) is 1. The fourth-order valence-electron chi connectivity index (χ4n) is 3.91. The van der Waals surface area contributed by atoms with Crippen molar-refractivity contribution in [3.8, 4) is 0 Å². The highest BCUT2D eigenvalue weighted by molar-refractivity contribution is 7.89. The van der Waals surface area contributed by atoms with Crippen LogP contribution in [-0.2, 0) is 25.8 Å². The first-order valence-electron chi connectivity index (χ1n) is 8.48. The molecule has 2 aliphatic rings. The maximum Gasteiger partial charge on any atom is 0.417 e. The summed E-state index contributed by atoms with van der Waals surface area (Å²) in [5, 5.41) is 19.4.